The summed E-state index contributed by atoms with van der Waals surface area (Å²) in [6, 6.07) is 13.2. The molecule has 0 saturated carbocycles. The molecule has 0 atom stereocenters. The summed E-state index contributed by atoms with van der Waals surface area (Å²) in [4.78, 5) is 14.8. The van der Waals surface area contributed by atoms with Gasteiger partial charge in [-0.15, -0.1) is 12.4 Å². The first kappa shape index (κ1) is 18.1. The Hall–Kier alpha value is -2.24. The Morgan fingerprint density at radius 2 is 1.75 bits per heavy atom. The van der Waals surface area contributed by atoms with Crippen molar-refractivity contribution in [3.05, 3.63) is 53.6 Å². The molecule has 1 amide bonds. The molecule has 2 aromatic carbocycles. The zero-order chi connectivity index (χ0) is 16.2. The number of methoxy groups -OCH3 is 2. The Morgan fingerprint density at radius 3 is 2.42 bits per heavy atom. The quantitative estimate of drug-likeness (QED) is 0.926. The van der Waals surface area contributed by atoms with Crippen molar-refractivity contribution < 1.29 is 14.3 Å². The molecule has 1 aliphatic heterocycles. The van der Waals surface area contributed by atoms with Crippen LogP contribution in [0.3, 0.4) is 0 Å². The highest BCUT2D eigenvalue weighted by Crippen LogP contribution is 2.27. The van der Waals surface area contributed by atoms with Crippen molar-refractivity contribution in [3.8, 4) is 11.5 Å². The van der Waals surface area contributed by atoms with E-state index in [0.29, 0.717) is 23.6 Å². The van der Waals surface area contributed by atoms with Crippen molar-refractivity contribution in [1.29, 1.82) is 0 Å². The van der Waals surface area contributed by atoms with E-state index in [1.807, 2.05) is 29.2 Å². The van der Waals surface area contributed by atoms with Crippen LogP contribution in [0.15, 0.2) is 42.5 Å². The van der Waals surface area contributed by atoms with Crippen molar-refractivity contribution in [3.63, 3.8) is 0 Å². The van der Waals surface area contributed by atoms with Crippen LogP contribution in [0.5, 0.6) is 11.5 Å². The molecule has 0 saturated heterocycles. The maximum Gasteiger partial charge on any atom is 0.258 e. The van der Waals surface area contributed by atoms with E-state index in [4.69, 9.17) is 9.47 Å². The van der Waals surface area contributed by atoms with Crippen LogP contribution < -0.4 is 19.7 Å². The SMILES string of the molecule is COc1cc(OC)cc(C(=O)N2CCNCc3ccccc32)c1.Cl. The Kier molecular flexibility index (Phi) is 6.06. The van der Waals surface area contributed by atoms with Gasteiger partial charge >= 0.3 is 0 Å². The van der Waals surface area contributed by atoms with E-state index in [0.717, 1.165) is 24.3 Å². The molecular formula is C18H21ClN2O3. The zero-order valence-electron chi connectivity index (χ0n) is 13.7. The lowest BCUT2D eigenvalue weighted by molar-refractivity contribution is 0.0987. The minimum Gasteiger partial charge on any atom is -0.497 e. The summed E-state index contributed by atoms with van der Waals surface area (Å²) in [5, 5.41) is 3.34. The highest BCUT2D eigenvalue weighted by molar-refractivity contribution is 6.07. The summed E-state index contributed by atoms with van der Waals surface area (Å²) >= 11 is 0. The molecule has 6 heteroatoms. The van der Waals surface area contributed by atoms with Crippen LogP contribution in [0, 0.1) is 0 Å². The van der Waals surface area contributed by atoms with Crippen LogP contribution >= 0.6 is 12.4 Å². The second-order valence-corrected chi connectivity index (χ2v) is 5.36. The number of para-hydroxylation sites is 1. The van der Waals surface area contributed by atoms with Gasteiger partial charge in [0.25, 0.3) is 5.91 Å². The Balaban J connectivity index is 0.00000208. The molecule has 5 nitrogen and oxygen atoms in total. The van der Waals surface area contributed by atoms with Gasteiger partial charge in [-0.2, -0.15) is 0 Å². The Labute approximate surface area is 148 Å². The van der Waals surface area contributed by atoms with Gasteiger partial charge in [-0.1, -0.05) is 18.2 Å². The summed E-state index contributed by atoms with van der Waals surface area (Å²) < 4.78 is 10.5. The van der Waals surface area contributed by atoms with E-state index in [-0.39, 0.29) is 18.3 Å². The van der Waals surface area contributed by atoms with Gasteiger partial charge in [0, 0.05) is 37.0 Å². The fraction of sp³-hybridized carbons (Fsp3) is 0.278. The minimum atomic E-state index is -0.0571. The third-order valence-electron chi connectivity index (χ3n) is 3.95. The van der Waals surface area contributed by atoms with Crippen molar-refractivity contribution in [2.24, 2.45) is 0 Å². The third-order valence-corrected chi connectivity index (χ3v) is 3.95. The number of halogens is 1. The number of benzene rings is 2. The minimum absolute atomic E-state index is 0. The Morgan fingerprint density at radius 1 is 1.08 bits per heavy atom. The normalized spacial score (nSPS) is 13.3. The van der Waals surface area contributed by atoms with Crippen LogP contribution in [0.1, 0.15) is 15.9 Å². The molecule has 0 fully saturated rings. The fourth-order valence-corrected chi connectivity index (χ4v) is 2.76. The molecule has 0 unspecified atom stereocenters. The predicted octanol–water partition coefficient (Wildman–Crippen LogP) is 2.88. The number of hydrogen-bond acceptors (Lipinski definition) is 4. The highest BCUT2D eigenvalue weighted by atomic mass is 35.5. The largest absolute Gasteiger partial charge is 0.497 e. The molecule has 0 bridgehead atoms. The van der Waals surface area contributed by atoms with Gasteiger partial charge in [-0.05, 0) is 23.8 Å². The molecule has 0 spiro atoms. The number of rotatable bonds is 3. The number of carbonyl (C=O) groups is 1. The number of nitrogens with one attached hydrogen (secondary N) is 1. The summed E-state index contributed by atoms with van der Waals surface area (Å²) in [6.45, 7) is 2.14. The summed E-state index contributed by atoms with van der Waals surface area (Å²) in [7, 11) is 3.16. The van der Waals surface area contributed by atoms with Gasteiger partial charge in [0.05, 0.1) is 14.2 Å². The molecule has 1 N–H and O–H groups in total. The number of ether oxygens (including phenoxy) is 2. The van der Waals surface area contributed by atoms with Crippen LogP contribution in [0.2, 0.25) is 0 Å². The average Bonchev–Trinajstić information content (AvgIpc) is 2.83. The fourth-order valence-electron chi connectivity index (χ4n) is 2.76. The monoisotopic (exact) mass is 348 g/mol. The molecular weight excluding hydrogens is 328 g/mol. The Bertz CT molecular complexity index is 699. The lowest BCUT2D eigenvalue weighted by Crippen LogP contribution is -2.34. The predicted molar refractivity (Wildman–Crippen MR) is 96.6 cm³/mol. The van der Waals surface area contributed by atoms with Crippen molar-refractivity contribution in [2.75, 3.05) is 32.2 Å². The van der Waals surface area contributed by atoms with Crippen molar-refractivity contribution >= 4 is 24.0 Å². The molecule has 1 aliphatic rings. The van der Waals surface area contributed by atoms with Crippen molar-refractivity contribution in [1.82, 2.24) is 5.32 Å². The molecule has 3 rings (SSSR count). The molecule has 128 valence electrons. The van der Waals surface area contributed by atoms with Crippen LogP contribution in [-0.2, 0) is 6.54 Å². The molecule has 1 heterocycles. The van der Waals surface area contributed by atoms with Gasteiger partial charge in [-0.3, -0.25) is 4.79 Å². The summed E-state index contributed by atoms with van der Waals surface area (Å²) in [5.74, 6) is 1.15. The number of nitrogens with zero attached hydrogens (tertiary/aromatic N) is 1. The van der Waals surface area contributed by atoms with E-state index >= 15 is 0 Å². The highest BCUT2D eigenvalue weighted by Gasteiger charge is 2.22. The van der Waals surface area contributed by atoms with Gasteiger partial charge < -0.3 is 19.7 Å². The smallest absolute Gasteiger partial charge is 0.258 e. The standard InChI is InChI=1S/C18H20N2O3.ClH/c1-22-15-9-14(10-16(11-15)23-2)18(21)20-8-7-19-12-13-5-3-4-6-17(13)20;/h3-6,9-11,19H,7-8,12H2,1-2H3;1H. The van der Waals surface area contributed by atoms with Crippen LogP contribution in [0.25, 0.3) is 0 Å². The van der Waals surface area contributed by atoms with E-state index in [2.05, 4.69) is 5.32 Å². The van der Waals surface area contributed by atoms with Gasteiger partial charge in [0.1, 0.15) is 11.5 Å². The van der Waals surface area contributed by atoms with Gasteiger partial charge in [-0.25, -0.2) is 0 Å². The van der Waals surface area contributed by atoms with E-state index in [1.165, 1.54) is 0 Å². The maximum atomic E-state index is 13.0. The number of amides is 1. The first-order valence-corrected chi connectivity index (χ1v) is 7.56. The molecule has 24 heavy (non-hydrogen) atoms. The zero-order valence-corrected chi connectivity index (χ0v) is 14.6. The number of hydrogen-bond donors (Lipinski definition) is 1. The summed E-state index contributed by atoms with van der Waals surface area (Å²) in [6.07, 6.45) is 0. The topological polar surface area (TPSA) is 50.8 Å². The lowest BCUT2D eigenvalue weighted by Gasteiger charge is -2.23. The number of anilines is 1. The molecule has 0 aliphatic carbocycles. The first-order valence-electron chi connectivity index (χ1n) is 7.56. The first-order chi connectivity index (χ1) is 11.2. The van der Waals surface area contributed by atoms with Crippen LogP contribution in [-0.4, -0.2) is 33.2 Å². The van der Waals surface area contributed by atoms with Crippen LogP contribution in [0.4, 0.5) is 5.69 Å². The second-order valence-electron chi connectivity index (χ2n) is 5.36. The van der Waals surface area contributed by atoms with Gasteiger partial charge in [0.2, 0.25) is 0 Å². The van der Waals surface area contributed by atoms with E-state index in [9.17, 15) is 4.79 Å². The third kappa shape index (κ3) is 3.63. The van der Waals surface area contributed by atoms with Crippen molar-refractivity contribution in [2.45, 2.75) is 6.54 Å². The maximum absolute atomic E-state index is 13.0. The average molecular weight is 349 g/mol. The van der Waals surface area contributed by atoms with E-state index in [1.54, 1.807) is 32.4 Å². The van der Waals surface area contributed by atoms with E-state index < -0.39 is 0 Å². The lowest BCUT2D eigenvalue weighted by atomic mass is 10.1. The molecule has 0 aromatic heterocycles. The number of carbonyl (C=O) groups excluding carboxylic acids is 1. The number of fused-ring (bicyclic) bond motifs is 1. The summed E-state index contributed by atoms with van der Waals surface area (Å²) in [5.41, 5.74) is 2.62. The second kappa shape index (κ2) is 8.04. The molecule has 0 radical (unpaired) electrons. The molecule has 2 aromatic rings. The van der Waals surface area contributed by atoms with Gasteiger partial charge in [0.15, 0.2) is 0 Å².